The molecule has 0 radical (unpaired) electrons. The van der Waals surface area contributed by atoms with Crippen LogP contribution in [0.15, 0.2) is 29.2 Å². The first-order valence-electron chi connectivity index (χ1n) is 6.21. The van der Waals surface area contributed by atoms with Crippen molar-refractivity contribution in [2.45, 2.75) is 31.3 Å². The van der Waals surface area contributed by atoms with E-state index in [9.17, 15) is 9.90 Å². The lowest BCUT2D eigenvalue weighted by atomic mass is 10.2. The van der Waals surface area contributed by atoms with Gasteiger partial charge in [0.1, 0.15) is 0 Å². The van der Waals surface area contributed by atoms with Crippen molar-refractivity contribution in [1.82, 2.24) is 4.90 Å². The van der Waals surface area contributed by atoms with Crippen LogP contribution < -0.4 is 0 Å². The lowest BCUT2D eigenvalue weighted by molar-refractivity contribution is 0.0768. The predicted octanol–water partition coefficient (Wildman–Crippen LogP) is 2.64. The summed E-state index contributed by atoms with van der Waals surface area (Å²) in [4.78, 5) is 14.9. The van der Waals surface area contributed by atoms with E-state index in [1.807, 2.05) is 24.3 Å². The molecule has 100 valence electrons. The van der Waals surface area contributed by atoms with Crippen LogP contribution >= 0.6 is 11.8 Å². The van der Waals surface area contributed by atoms with Gasteiger partial charge in [0.05, 0.1) is 6.10 Å². The summed E-state index contributed by atoms with van der Waals surface area (Å²) in [7, 11) is 1.77. The van der Waals surface area contributed by atoms with E-state index >= 15 is 0 Å². The molecule has 1 rings (SSSR count). The molecule has 0 spiro atoms. The maximum absolute atomic E-state index is 12.1. The van der Waals surface area contributed by atoms with E-state index in [-0.39, 0.29) is 12.0 Å². The highest BCUT2D eigenvalue weighted by molar-refractivity contribution is 7.99. The maximum atomic E-state index is 12.1. The molecule has 1 atom stereocenters. The van der Waals surface area contributed by atoms with E-state index in [4.69, 9.17) is 0 Å². The Kier molecular flexibility index (Phi) is 6.22. The maximum Gasteiger partial charge on any atom is 0.253 e. The summed E-state index contributed by atoms with van der Waals surface area (Å²) in [6, 6.07) is 7.69. The molecule has 0 heterocycles. The molecule has 3 nitrogen and oxygen atoms in total. The van der Waals surface area contributed by atoms with Crippen LogP contribution in [0.1, 0.15) is 30.6 Å². The van der Waals surface area contributed by atoms with Gasteiger partial charge >= 0.3 is 0 Å². The number of hydrogen-bond donors (Lipinski definition) is 1. The van der Waals surface area contributed by atoms with E-state index < -0.39 is 0 Å². The normalized spacial score (nSPS) is 12.2. The first kappa shape index (κ1) is 15.1. The molecule has 0 saturated carbocycles. The Balaban J connectivity index is 2.67. The SMILES string of the molecule is CCSc1cccc(C(=O)N(C)CCC(C)O)c1. The largest absolute Gasteiger partial charge is 0.393 e. The molecule has 0 bridgehead atoms. The van der Waals surface area contributed by atoms with Crippen molar-refractivity contribution in [2.24, 2.45) is 0 Å². The fraction of sp³-hybridized carbons (Fsp3) is 0.500. The van der Waals surface area contributed by atoms with Gasteiger partial charge in [-0.1, -0.05) is 13.0 Å². The van der Waals surface area contributed by atoms with E-state index in [0.29, 0.717) is 18.5 Å². The lowest BCUT2D eigenvalue weighted by Crippen LogP contribution is -2.29. The fourth-order valence-corrected chi connectivity index (χ4v) is 2.31. The summed E-state index contributed by atoms with van der Waals surface area (Å²) in [5.74, 6) is 1.00. The van der Waals surface area contributed by atoms with Crippen LogP contribution in [-0.4, -0.2) is 41.4 Å². The highest BCUT2D eigenvalue weighted by atomic mass is 32.2. The molecule has 0 aromatic heterocycles. The standard InChI is InChI=1S/C14H21NO2S/c1-4-18-13-7-5-6-12(10-13)14(17)15(3)9-8-11(2)16/h5-7,10-11,16H,4,8-9H2,1-3H3. The quantitative estimate of drug-likeness (QED) is 0.806. The Hall–Kier alpha value is -1.00. The zero-order valence-corrected chi connectivity index (χ0v) is 12.0. The molecule has 1 N–H and O–H groups in total. The third kappa shape index (κ3) is 4.70. The van der Waals surface area contributed by atoms with Crippen molar-refractivity contribution >= 4 is 17.7 Å². The third-order valence-electron chi connectivity index (χ3n) is 2.62. The molecule has 1 aromatic rings. The van der Waals surface area contributed by atoms with E-state index in [1.165, 1.54) is 0 Å². The second-order valence-corrected chi connectivity index (χ2v) is 5.66. The highest BCUT2D eigenvalue weighted by Gasteiger charge is 2.12. The highest BCUT2D eigenvalue weighted by Crippen LogP contribution is 2.19. The van der Waals surface area contributed by atoms with Gasteiger partial charge in [-0.25, -0.2) is 0 Å². The van der Waals surface area contributed by atoms with Gasteiger partial charge in [-0.15, -0.1) is 11.8 Å². The summed E-state index contributed by atoms with van der Waals surface area (Å²) in [6.45, 7) is 4.40. The minimum atomic E-state index is -0.373. The number of nitrogens with zero attached hydrogens (tertiary/aromatic N) is 1. The average Bonchev–Trinajstić information content (AvgIpc) is 2.35. The number of thioether (sulfide) groups is 1. The minimum absolute atomic E-state index is 0.00852. The van der Waals surface area contributed by atoms with Gasteiger partial charge in [-0.2, -0.15) is 0 Å². The van der Waals surface area contributed by atoms with Gasteiger partial charge in [0.25, 0.3) is 5.91 Å². The van der Waals surface area contributed by atoms with Gasteiger partial charge in [-0.3, -0.25) is 4.79 Å². The van der Waals surface area contributed by atoms with Crippen molar-refractivity contribution in [3.8, 4) is 0 Å². The predicted molar refractivity (Wildman–Crippen MR) is 76.1 cm³/mol. The molecule has 18 heavy (non-hydrogen) atoms. The van der Waals surface area contributed by atoms with Crippen LogP contribution in [0.25, 0.3) is 0 Å². The molecule has 0 aliphatic heterocycles. The lowest BCUT2D eigenvalue weighted by Gasteiger charge is -2.18. The molecule has 0 aliphatic carbocycles. The van der Waals surface area contributed by atoms with Gasteiger partial charge in [0.15, 0.2) is 0 Å². The van der Waals surface area contributed by atoms with Crippen molar-refractivity contribution < 1.29 is 9.90 Å². The van der Waals surface area contributed by atoms with E-state index in [2.05, 4.69) is 6.92 Å². The number of carbonyl (C=O) groups is 1. The summed E-state index contributed by atoms with van der Waals surface area (Å²) < 4.78 is 0. The monoisotopic (exact) mass is 267 g/mol. The summed E-state index contributed by atoms with van der Waals surface area (Å²) in [5, 5.41) is 9.23. The smallest absolute Gasteiger partial charge is 0.253 e. The molecule has 4 heteroatoms. The molecule has 1 amide bonds. The van der Waals surface area contributed by atoms with E-state index in [0.717, 1.165) is 10.6 Å². The van der Waals surface area contributed by atoms with Crippen LogP contribution in [0.2, 0.25) is 0 Å². The number of aliphatic hydroxyl groups excluding tert-OH is 1. The Morgan fingerprint density at radius 2 is 2.22 bits per heavy atom. The minimum Gasteiger partial charge on any atom is -0.393 e. The van der Waals surface area contributed by atoms with E-state index in [1.54, 1.807) is 30.6 Å². The van der Waals surface area contributed by atoms with Gasteiger partial charge < -0.3 is 10.0 Å². The Labute approximate surface area is 113 Å². The van der Waals surface area contributed by atoms with Crippen LogP contribution in [0, 0.1) is 0 Å². The molecule has 0 fully saturated rings. The van der Waals surface area contributed by atoms with Gasteiger partial charge in [-0.05, 0) is 37.3 Å². The van der Waals surface area contributed by atoms with Crippen LogP contribution in [0.3, 0.4) is 0 Å². The molecule has 1 aromatic carbocycles. The topological polar surface area (TPSA) is 40.5 Å². The number of hydrogen-bond acceptors (Lipinski definition) is 3. The molecule has 0 aliphatic rings. The zero-order chi connectivity index (χ0) is 13.5. The summed E-state index contributed by atoms with van der Waals surface area (Å²) in [6.07, 6.45) is 0.230. The summed E-state index contributed by atoms with van der Waals surface area (Å²) >= 11 is 1.73. The molecule has 0 saturated heterocycles. The molecular formula is C14H21NO2S. The second-order valence-electron chi connectivity index (χ2n) is 4.33. The van der Waals surface area contributed by atoms with Crippen LogP contribution in [0.5, 0.6) is 0 Å². The first-order valence-corrected chi connectivity index (χ1v) is 7.19. The number of carbonyl (C=O) groups excluding carboxylic acids is 1. The third-order valence-corrected chi connectivity index (χ3v) is 3.50. The number of amides is 1. The van der Waals surface area contributed by atoms with Crippen molar-refractivity contribution in [3.05, 3.63) is 29.8 Å². The first-order chi connectivity index (χ1) is 8.54. The van der Waals surface area contributed by atoms with Crippen LogP contribution in [0.4, 0.5) is 0 Å². The number of aliphatic hydroxyl groups is 1. The molecule has 1 unspecified atom stereocenters. The van der Waals surface area contributed by atoms with Crippen molar-refractivity contribution in [2.75, 3.05) is 19.3 Å². The summed E-state index contributed by atoms with van der Waals surface area (Å²) in [5.41, 5.74) is 0.710. The Morgan fingerprint density at radius 1 is 1.50 bits per heavy atom. The van der Waals surface area contributed by atoms with Crippen LogP contribution in [-0.2, 0) is 0 Å². The second kappa shape index (κ2) is 7.44. The average molecular weight is 267 g/mol. The van der Waals surface area contributed by atoms with Gasteiger partial charge in [0.2, 0.25) is 0 Å². The van der Waals surface area contributed by atoms with Crippen molar-refractivity contribution in [3.63, 3.8) is 0 Å². The Morgan fingerprint density at radius 3 is 2.83 bits per heavy atom. The fourth-order valence-electron chi connectivity index (χ4n) is 1.59. The number of rotatable bonds is 6. The van der Waals surface area contributed by atoms with Gasteiger partial charge in [0, 0.05) is 24.1 Å². The molecular weight excluding hydrogens is 246 g/mol. The Bertz CT molecular complexity index is 393. The zero-order valence-electron chi connectivity index (χ0n) is 11.2. The van der Waals surface area contributed by atoms with Crippen molar-refractivity contribution in [1.29, 1.82) is 0 Å². The number of benzene rings is 1.